The molecule has 3 aromatic carbocycles. The van der Waals surface area contributed by atoms with Gasteiger partial charge in [0.2, 0.25) is 0 Å². The summed E-state index contributed by atoms with van der Waals surface area (Å²) in [4.78, 5) is 16.2. The van der Waals surface area contributed by atoms with E-state index in [0.29, 0.717) is 18.6 Å². The lowest BCUT2D eigenvalue weighted by Gasteiger charge is -2.33. The zero-order chi connectivity index (χ0) is 24.6. The molecule has 1 aliphatic heterocycles. The molecule has 0 aliphatic carbocycles. The quantitative estimate of drug-likeness (QED) is 0.340. The van der Waals surface area contributed by atoms with Gasteiger partial charge in [-0.3, -0.25) is 4.79 Å². The van der Waals surface area contributed by atoms with Gasteiger partial charge in [-0.25, -0.2) is 4.39 Å². The molecule has 0 saturated carbocycles. The van der Waals surface area contributed by atoms with Crippen LogP contribution in [-0.2, 0) is 35.3 Å². The Morgan fingerprint density at radius 3 is 2.63 bits per heavy atom. The maximum atomic E-state index is 14.7. The van der Waals surface area contributed by atoms with E-state index in [1.165, 1.54) is 22.4 Å². The van der Waals surface area contributed by atoms with Crippen LogP contribution >= 0.6 is 0 Å². The zero-order valence-electron chi connectivity index (χ0n) is 20.8. The molecule has 0 aromatic heterocycles. The third-order valence-corrected chi connectivity index (χ3v) is 6.75. The van der Waals surface area contributed by atoms with E-state index in [9.17, 15) is 9.18 Å². The highest BCUT2D eigenvalue weighted by molar-refractivity contribution is 5.69. The fourth-order valence-corrected chi connectivity index (χ4v) is 4.86. The third kappa shape index (κ3) is 6.41. The van der Waals surface area contributed by atoms with Gasteiger partial charge in [0.25, 0.3) is 0 Å². The first-order valence-electron chi connectivity index (χ1n) is 12.6. The summed E-state index contributed by atoms with van der Waals surface area (Å²) in [6.45, 7) is 4.93. The van der Waals surface area contributed by atoms with Gasteiger partial charge < -0.3 is 14.5 Å². The smallest absolute Gasteiger partial charge is 0.306 e. The summed E-state index contributed by atoms with van der Waals surface area (Å²) in [6, 6.07) is 22.5. The predicted molar refractivity (Wildman–Crippen MR) is 141 cm³/mol. The summed E-state index contributed by atoms with van der Waals surface area (Å²) in [6.07, 6.45) is 3.79. The van der Waals surface area contributed by atoms with Crippen molar-refractivity contribution in [2.24, 2.45) is 0 Å². The molecule has 0 radical (unpaired) electrons. The Bertz CT molecular complexity index is 1130. The number of fused-ring (bicyclic) bond motifs is 1. The molecule has 35 heavy (non-hydrogen) atoms. The molecule has 0 N–H and O–H groups in total. The van der Waals surface area contributed by atoms with E-state index in [0.717, 1.165) is 44.6 Å². The van der Waals surface area contributed by atoms with Crippen LogP contribution in [0.25, 0.3) is 0 Å². The van der Waals surface area contributed by atoms with E-state index < -0.39 is 0 Å². The molecule has 0 atom stereocenters. The summed E-state index contributed by atoms with van der Waals surface area (Å²) >= 11 is 0. The summed E-state index contributed by atoms with van der Waals surface area (Å²) in [5.41, 5.74) is 6.77. The second-order valence-electron chi connectivity index (χ2n) is 9.18. The van der Waals surface area contributed by atoms with Gasteiger partial charge in [0.1, 0.15) is 5.82 Å². The van der Waals surface area contributed by atoms with Crippen molar-refractivity contribution in [1.82, 2.24) is 0 Å². The fraction of sp³-hybridized carbons (Fsp3) is 0.367. The molecular weight excluding hydrogens is 439 g/mol. The van der Waals surface area contributed by atoms with Crippen molar-refractivity contribution in [3.05, 3.63) is 94.8 Å². The van der Waals surface area contributed by atoms with Crippen LogP contribution in [0.4, 0.5) is 15.8 Å². The Labute approximate surface area is 208 Å². The van der Waals surface area contributed by atoms with Gasteiger partial charge in [0.15, 0.2) is 0 Å². The normalized spacial score (nSPS) is 12.8. The van der Waals surface area contributed by atoms with Gasteiger partial charge in [-0.1, -0.05) is 48.5 Å². The molecule has 3 aromatic rings. The van der Waals surface area contributed by atoms with Gasteiger partial charge in [-0.15, -0.1) is 0 Å². The van der Waals surface area contributed by atoms with Crippen LogP contribution in [0.1, 0.15) is 42.0 Å². The molecule has 184 valence electrons. The van der Waals surface area contributed by atoms with Crippen molar-refractivity contribution in [2.45, 2.75) is 45.6 Å². The van der Waals surface area contributed by atoms with Crippen molar-refractivity contribution in [3.8, 4) is 0 Å². The second kappa shape index (κ2) is 11.9. The summed E-state index contributed by atoms with van der Waals surface area (Å²) in [5, 5.41) is 0. The lowest BCUT2D eigenvalue weighted by molar-refractivity contribution is -0.143. The third-order valence-electron chi connectivity index (χ3n) is 6.75. The number of carbonyl (C=O) groups excluding carboxylic acids is 1. The molecule has 1 aliphatic rings. The predicted octanol–water partition coefficient (Wildman–Crippen LogP) is 5.95. The molecule has 0 bridgehead atoms. The van der Waals surface area contributed by atoms with E-state index in [1.807, 2.05) is 13.1 Å². The lowest BCUT2D eigenvalue weighted by Crippen LogP contribution is -2.32. The Kier molecular flexibility index (Phi) is 8.40. The Balaban J connectivity index is 1.43. The molecule has 0 fully saturated rings. The Morgan fingerprint density at radius 1 is 1.03 bits per heavy atom. The first-order chi connectivity index (χ1) is 17.0. The number of carbonyl (C=O) groups is 1. The van der Waals surface area contributed by atoms with Crippen LogP contribution in [0.5, 0.6) is 0 Å². The van der Waals surface area contributed by atoms with Gasteiger partial charge in [0, 0.05) is 44.5 Å². The standard InChI is InChI=1S/C30H35FN2O2/c1-3-35-30(34)17-15-24-14-16-26(21-28(24)31)32(2)22-25-11-7-13-29-27(25)12-8-19-33(29)20-18-23-9-5-4-6-10-23/h4-7,9-11,13-14,16,21H,3,8,12,15,17-20,22H2,1-2H3. The van der Waals surface area contributed by atoms with E-state index in [2.05, 4.69) is 58.3 Å². The lowest BCUT2D eigenvalue weighted by atomic mass is 9.95. The van der Waals surface area contributed by atoms with Crippen molar-refractivity contribution < 1.29 is 13.9 Å². The number of hydrogen-bond acceptors (Lipinski definition) is 4. The summed E-state index contributed by atoms with van der Waals surface area (Å²) in [5.74, 6) is -0.569. The minimum absolute atomic E-state index is 0.191. The van der Waals surface area contributed by atoms with Crippen molar-refractivity contribution in [3.63, 3.8) is 0 Å². The topological polar surface area (TPSA) is 32.8 Å². The van der Waals surface area contributed by atoms with Gasteiger partial charge in [0.05, 0.1) is 6.61 Å². The molecule has 0 amide bonds. The van der Waals surface area contributed by atoms with Crippen LogP contribution in [-0.4, -0.2) is 32.7 Å². The van der Waals surface area contributed by atoms with Crippen LogP contribution < -0.4 is 9.80 Å². The summed E-state index contributed by atoms with van der Waals surface area (Å²) < 4.78 is 19.7. The Hall–Kier alpha value is -3.34. The second-order valence-corrected chi connectivity index (χ2v) is 9.18. The number of benzene rings is 3. The number of esters is 1. The molecule has 5 heteroatoms. The minimum atomic E-state index is -0.292. The maximum Gasteiger partial charge on any atom is 0.306 e. The highest BCUT2D eigenvalue weighted by Gasteiger charge is 2.20. The molecular formula is C30H35FN2O2. The monoisotopic (exact) mass is 474 g/mol. The van der Waals surface area contributed by atoms with Crippen LogP contribution in [0.15, 0.2) is 66.7 Å². The summed E-state index contributed by atoms with van der Waals surface area (Å²) in [7, 11) is 2.00. The zero-order valence-corrected chi connectivity index (χ0v) is 20.8. The molecule has 0 unspecified atom stereocenters. The SMILES string of the molecule is CCOC(=O)CCc1ccc(N(C)Cc2cccc3c2CCCN3CCc2ccccc2)cc1F. The Morgan fingerprint density at radius 2 is 1.86 bits per heavy atom. The van der Waals surface area contributed by atoms with Crippen molar-refractivity contribution in [2.75, 3.05) is 36.5 Å². The molecule has 4 rings (SSSR count). The number of ether oxygens (including phenoxy) is 1. The maximum absolute atomic E-state index is 14.7. The molecule has 4 nitrogen and oxygen atoms in total. The number of nitrogens with zero attached hydrogens (tertiary/aromatic N) is 2. The first kappa shape index (κ1) is 24.8. The van der Waals surface area contributed by atoms with Crippen molar-refractivity contribution >= 4 is 17.3 Å². The average Bonchev–Trinajstić information content (AvgIpc) is 2.87. The van der Waals surface area contributed by atoms with Crippen LogP contribution in [0.3, 0.4) is 0 Å². The highest BCUT2D eigenvalue weighted by atomic mass is 19.1. The van der Waals surface area contributed by atoms with Crippen LogP contribution in [0, 0.1) is 5.82 Å². The largest absolute Gasteiger partial charge is 0.466 e. The van der Waals surface area contributed by atoms with E-state index in [1.54, 1.807) is 19.1 Å². The number of aryl methyl sites for hydroxylation is 1. The number of rotatable bonds is 10. The average molecular weight is 475 g/mol. The highest BCUT2D eigenvalue weighted by Crippen LogP contribution is 2.31. The van der Waals surface area contributed by atoms with Gasteiger partial charge >= 0.3 is 5.97 Å². The van der Waals surface area contributed by atoms with Crippen molar-refractivity contribution in [1.29, 1.82) is 0 Å². The first-order valence-corrected chi connectivity index (χ1v) is 12.6. The number of hydrogen-bond donors (Lipinski definition) is 0. The fourth-order valence-electron chi connectivity index (χ4n) is 4.86. The van der Waals surface area contributed by atoms with Crippen LogP contribution in [0.2, 0.25) is 0 Å². The van der Waals surface area contributed by atoms with E-state index in [4.69, 9.17) is 4.74 Å². The molecule has 0 saturated heterocycles. The molecule has 0 spiro atoms. The van der Waals surface area contributed by atoms with E-state index >= 15 is 0 Å². The molecule has 1 heterocycles. The van der Waals surface area contributed by atoms with E-state index in [-0.39, 0.29) is 18.2 Å². The minimum Gasteiger partial charge on any atom is -0.466 e. The number of halogens is 1. The van der Waals surface area contributed by atoms with Gasteiger partial charge in [-0.2, -0.15) is 0 Å². The van der Waals surface area contributed by atoms with Gasteiger partial charge in [-0.05, 0) is 73.1 Å². The number of anilines is 2.